The minimum atomic E-state index is -4.68. The number of hydrogen-bond acceptors (Lipinski definition) is 2. The van der Waals surface area contributed by atoms with Crippen LogP contribution < -0.4 is 4.74 Å². The number of carbonyl (C=O) groups is 1. The molecule has 0 saturated carbocycles. The first-order chi connectivity index (χ1) is 10.3. The highest BCUT2D eigenvalue weighted by atomic mass is 19.4. The van der Waals surface area contributed by atoms with E-state index in [2.05, 4.69) is 11.7 Å². The van der Waals surface area contributed by atoms with Gasteiger partial charge < -0.3 is 9.64 Å². The van der Waals surface area contributed by atoms with Crippen molar-refractivity contribution in [2.24, 2.45) is 5.92 Å². The van der Waals surface area contributed by atoms with Gasteiger partial charge in [0.25, 0.3) is 0 Å². The number of hydrogen-bond donors (Lipinski definition) is 0. The second kappa shape index (κ2) is 7.03. The summed E-state index contributed by atoms with van der Waals surface area (Å²) in [7, 11) is 0. The van der Waals surface area contributed by atoms with E-state index in [9.17, 15) is 18.0 Å². The standard InChI is InChI=1S/C16H20F3NO2/c1-12-8-10-20(11-9-12)15(21)7-4-13-2-5-14(6-3-13)22-16(17,18)19/h2-3,5-6,12H,4,7-11H2,1H3. The summed E-state index contributed by atoms with van der Waals surface area (Å²) < 4.78 is 40.0. The Morgan fingerprint density at radius 3 is 2.36 bits per heavy atom. The van der Waals surface area contributed by atoms with Gasteiger partial charge in [0.05, 0.1) is 0 Å². The van der Waals surface area contributed by atoms with Crippen LogP contribution in [0.25, 0.3) is 0 Å². The smallest absolute Gasteiger partial charge is 0.406 e. The topological polar surface area (TPSA) is 29.5 Å². The number of halogens is 3. The summed E-state index contributed by atoms with van der Waals surface area (Å²) in [4.78, 5) is 14.0. The molecule has 1 aromatic carbocycles. The third-order valence-corrected chi connectivity index (χ3v) is 3.92. The molecule has 0 N–H and O–H groups in total. The minimum Gasteiger partial charge on any atom is -0.406 e. The van der Waals surface area contributed by atoms with Crippen LogP contribution in [0.1, 0.15) is 31.7 Å². The lowest BCUT2D eigenvalue weighted by atomic mass is 9.98. The minimum absolute atomic E-state index is 0.113. The van der Waals surface area contributed by atoms with Gasteiger partial charge in [0.1, 0.15) is 5.75 Å². The molecule has 1 saturated heterocycles. The molecule has 0 atom stereocenters. The van der Waals surface area contributed by atoms with Crippen LogP contribution in [0.4, 0.5) is 13.2 Å². The lowest BCUT2D eigenvalue weighted by Crippen LogP contribution is -2.37. The molecule has 2 rings (SSSR count). The quantitative estimate of drug-likeness (QED) is 0.846. The summed E-state index contributed by atoms with van der Waals surface area (Å²) in [6.07, 6.45) is -1.70. The first-order valence-electron chi connectivity index (χ1n) is 7.46. The van der Waals surface area contributed by atoms with Crippen molar-refractivity contribution in [2.75, 3.05) is 13.1 Å². The number of ether oxygens (including phenoxy) is 1. The van der Waals surface area contributed by atoms with Crippen LogP contribution in [0.5, 0.6) is 5.75 Å². The van der Waals surface area contributed by atoms with Gasteiger partial charge in [-0.3, -0.25) is 4.79 Å². The van der Waals surface area contributed by atoms with E-state index < -0.39 is 6.36 Å². The highest BCUT2D eigenvalue weighted by Crippen LogP contribution is 2.23. The Morgan fingerprint density at radius 2 is 1.82 bits per heavy atom. The predicted molar refractivity (Wildman–Crippen MR) is 76.4 cm³/mol. The molecule has 122 valence electrons. The Balaban J connectivity index is 1.80. The Kier molecular flexibility index (Phi) is 5.32. The Labute approximate surface area is 128 Å². The van der Waals surface area contributed by atoms with Gasteiger partial charge in [0.2, 0.25) is 5.91 Å². The van der Waals surface area contributed by atoms with Crippen LogP contribution in [0.2, 0.25) is 0 Å². The zero-order chi connectivity index (χ0) is 16.2. The normalized spacial score (nSPS) is 16.6. The van der Waals surface area contributed by atoms with E-state index in [0.29, 0.717) is 18.8 Å². The summed E-state index contributed by atoms with van der Waals surface area (Å²) in [5.41, 5.74) is 0.827. The SMILES string of the molecule is CC1CCN(C(=O)CCc2ccc(OC(F)(F)F)cc2)CC1. The number of likely N-dealkylation sites (tertiary alicyclic amines) is 1. The number of amides is 1. The molecule has 6 heteroatoms. The second-order valence-electron chi connectivity index (χ2n) is 5.76. The van der Waals surface area contributed by atoms with E-state index in [1.54, 1.807) is 12.1 Å². The molecule has 0 unspecified atom stereocenters. The summed E-state index contributed by atoms with van der Waals surface area (Å²) in [6.45, 7) is 3.79. The van der Waals surface area contributed by atoms with Crippen LogP contribution in [0.15, 0.2) is 24.3 Å². The number of nitrogens with zero attached hydrogens (tertiary/aromatic N) is 1. The summed E-state index contributed by atoms with van der Waals surface area (Å²) in [5.74, 6) is 0.542. The molecule has 1 aromatic rings. The Bertz CT molecular complexity index is 491. The van der Waals surface area contributed by atoms with Crippen molar-refractivity contribution in [3.05, 3.63) is 29.8 Å². The number of aryl methyl sites for hydroxylation is 1. The first-order valence-corrected chi connectivity index (χ1v) is 7.46. The van der Waals surface area contributed by atoms with E-state index in [4.69, 9.17) is 0 Å². The van der Waals surface area contributed by atoms with Crippen LogP contribution in [-0.4, -0.2) is 30.3 Å². The van der Waals surface area contributed by atoms with Crippen LogP contribution in [-0.2, 0) is 11.2 Å². The maximum Gasteiger partial charge on any atom is 0.573 e. The number of carbonyl (C=O) groups excluding carboxylic acids is 1. The van der Waals surface area contributed by atoms with E-state index in [1.165, 1.54) is 12.1 Å². The average molecular weight is 315 g/mol. The van der Waals surface area contributed by atoms with Crippen molar-refractivity contribution in [3.63, 3.8) is 0 Å². The van der Waals surface area contributed by atoms with E-state index >= 15 is 0 Å². The number of piperidine rings is 1. The first kappa shape index (κ1) is 16.6. The molecular weight excluding hydrogens is 295 g/mol. The molecule has 0 aliphatic carbocycles. The fraction of sp³-hybridized carbons (Fsp3) is 0.562. The summed E-state index contributed by atoms with van der Waals surface area (Å²) in [6, 6.07) is 5.67. The number of benzene rings is 1. The van der Waals surface area contributed by atoms with Gasteiger partial charge in [-0.25, -0.2) is 0 Å². The van der Waals surface area contributed by atoms with Crippen LogP contribution >= 0.6 is 0 Å². The van der Waals surface area contributed by atoms with Gasteiger partial charge in [0, 0.05) is 19.5 Å². The van der Waals surface area contributed by atoms with Gasteiger partial charge in [-0.2, -0.15) is 0 Å². The average Bonchev–Trinajstić information content (AvgIpc) is 2.45. The van der Waals surface area contributed by atoms with Gasteiger partial charge in [-0.05, 0) is 42.9 Å². The van der Waals surface area contributed by atoms with E-state index in [0.717, 1.165) is 31.5 Å². The van der Waals surface area contributed by atoms with E-state index in [1.807, 2.05) is 4.90 Å². The van der Waals surface area contributed by atoms with Crippen molar-refractivity contribution in [2.45, 2.75) is 39.0 Å². The Morgan fingerprint density at radius 1 is 1.23 bits per heavy atom. The molecule has 22 heavy (non-hydrogen) atoms. The maximum atomic E-state index is 12.1. The fourth-order valence-electron chi connectivity index (χ4n) is 2.53. The molecule has 1 aliphatic rings. The third-order valence-electron chi connectivity index (χ3n) is 3.92. The van der Waals surface area contributed by atoms with E-state index in [-0.39, 0.29) is 11.7 Å². The van der Waals surface area contributed by atoms with Crippen LogP contribution in [0, 0.1) is 5.92 Å². The zero-order valence-corrected chi connectivity index (χ0v) is 12.5. The molecule has 0 radical (unpaired) electrons. The molecule has 0 aromatic heterocycles. The van der Waals surface area contributed by atoms with Crippen molar-refractivity contribution in [1.29, 1.82) is 0 Å². The molecule has 1 fully saturated rings. The summed E-state index contributed by atoms with van der Waals surface area (Å²) in [5, 5.41) is 0. The van der Waals surface area contributed by atoms with Gasteiger partial charge in [0.15, 0.2) is 0 Å². The second-order valence-corrected chi connectivity index (χ2v) is 5.76. The van der Waals surface area contributed by atoms with Crippen molar-refractivity contribution in [1.82, 2.24) is 4.90 Å². The molecule has 1 heterocycles. The highest BCUT2D eigenvalue weighted by molar-refractivity contribution is 5.76. The maximum absolute atomic E-state index is 12.1. The van der Waals surface area contributed by atoms with Crippen molar-refractivity contribution in [3.8, 4) is 5.75 Å². The molecular formula is C16H20F3NO2. The number of rotatable bonds is 4. The van der Waals surface area contributed by atoms with Crippen molar-refractivity contribution >= 4 is 5.91 Å². The largest absolute Gasteiger partial charge is 0.573 e. The van der Waals surface area contributed by atoms with Gasteiger partial charge >= 0.3 is 6.36 Å². The third kappa shape index (κ3) is 5.24. The Hall–Kier alpha value is -1.72. The molecule has 1 amide bonds. The molecule has 1 aliphatic heterocycles. The van der Waals surface area contributed by atoms with Crippen LogP contribution in [0.3, 0.4) is 0 Å². The number of alkyl halides is 3. The molecule has 0 spiro atoms. The zero-order valence-electron chi connectivity index (χ0n) is 12.5. The predicted octanol–water partition coefficient (Wildman–Crippen LogP) is 3.78. The van der Waals surface area contributed by atoms with Crippen molar-refractivity contribution < 1.29 is 22.7 Å². The van der Waals surface area contributed by atoms with Gasteiger partial charge in [-0.15, -0.1) is 13.2 Å². The monoisotopic (exact) mass is 315 g/mol. The lowest BCUT2D eigenvalue weighted by molar-refractivity contribution is -0.274. The lowest BCUT2D eigenvalue weighted by Gasteiger charge is -2.30. The highest BCUT2D eigenvalue weighted by Gasteiger charge is 2.30. The van der Waals surface area contributed by atoms with Gasteiger partial charge in [-0.1, -0.05) is 19.1 Å². The molecule has 0 bridgehead atoms. The molecule has 3 nitrogen and oxygen atoms in total. The fourth-order valence-corrected chi connectivity index (χ4v) is 2.53. The summed E-state index contributed by atoms with van der Waals surface area (Å²) >= 11 is 0.